The Hall–Kier alpha value is -3.68. The van der Waals surface area contributed by atoms with E-state index >= 15 is 0 Å². The number of benzene rings is 2. The van der Waals surface area contributed by atoms with Crippen molar-refractivity contribution in [3.8, 4) is 0 Å². The van der Waals surface area contributed by atoms with Crippen LogP contribution in [0.5, 0.6) is 0 Å². The molecule has 0 spiro atoms. The van der Waals surface area contributed by atoms with E-state index in [9.17, 15) is 18.8 Å². The smallest absolute Gasteiger partial charge is 0.325 e. The van der Waals surface area contributed by atoms with E-state index in [1.54, 1.807) is 19.1 Å². The minimum atomic E-state index is -0.723. The van der Waals surface area contributed by atoms with Gasteiger partial charge in [-0.3, -0.25) is 14.5 Å². The molecule has 1 saturated heterocycles. The minimum absolute atomic E-state index is 0.332. The van der Waals surface area contributed by atoms with Gasteiger partial charge in [0.25, 0.3) is 5.91 Å². The van der Waals surface area contributed by atoms with Crippen molar-refractivity contribution < 1.29 is 18.8 Å². The van der Waals surface area contributed by atoms with Gasteiger partial charge in [0.15, 0.2) is 0 Å². The summed E-state index contributed by atoms with van der Waals surface area (Å²) in [5.41, 5.74) is 2.59. The number of urea groups is 1. The number of hydrogen-bond acceptors (Lipinski definition) is 3. The average molecular weight is 408 g/mol. The summed E-state index contributed by atoms with van der Waals surface area (Å²) in [6.07, 6.45) is 2.16. The number of carbonyl (C=O) groups is 3. The monoisotopic (exact) mass is 408 g/mol. The molecule has 1 fully saturated rings. The van der Waals surface area contributed by atoms with E-state index in [0.717, 1.165) is 26.9 Å². The summed E-state index contributed by atoms with van der Waals surface area (Å²) >= 11 is 0. The highest BCUT2D eigenvalue weighted by atomic mass is 19.1. The molecular formula is C22H21FN4O3. The van der Waals surface area contributed by atoms with E-state index in [2.05, 4.69) is 15.6 Å². The summed E-state index contributed by atoms with van der Waals surface area (Å²) < 4.78 is 13.0. The van der Waals surface area contributed by atoms with Crippen LogP contribution in [0.3, 0.4) is 0 Å². The maximum atomic E-state index is 13.0. The molecule has 2 atom stereocenters. The SMILES string of the molecule is C[C@@H](NC(=O)CN1C(=O)N[C@@H](Cc2c[nH]c3ccccc23)C1=O)c1ccc(F)cc1. The first-order valence-corrected chi connectivity index (χ1v) is 9.64. The number of nitrogens with one attached hydrogen (secondary N) is 3. The Morgan fingerprint density at radius 1 is 1.17 bits per heavy atom. The summed E-state index contributed by atoms with van der Waals surface area (Å²) in [5, 5.41) is 6.37. The van der Waals surface area contributed by atoms with Crippen LogP contribution in [0.1, 0.15) is 24.1 Å². The molecule has 1 aliphatic heterocycles. The third-order valence-electron chi connectivity index (χ3n) is 5.26. The van der Waals surface area contributed by atoms with E-state index in [1.165, 1.54) is 12.1 Å². The highest BCUT2D eigenvalue weighted by Crippen LogP contribution is 2.21. The Labute approximate surface area is 172 Å². The van der Waals surface area contributed by atoms with Crippen LogP contribution < -0.4 is 10.6 Å². The van der Waals surface area contributed by atoms with Gasteiger partial charge in [-0.25, -0.2) is 9.18 Å². The number of fused-ring (bicyclic) bond motifs is 1. The molecule has 1 aromatic heterocycles. The molecule has 4 rings (SSSR count). The lowest BCUT2D eigenvalue weighted by Crippen LogP contribution is -2.42. The number of para-hydroxylation sites is 1. The van der Waals surface area contributed by atoms with Gasteiger partial charge in [-0.2, -0.15) is 0 Å². The highest BCUT2D eigenvalue weighted by Gasteiger charge is 2.39. The van der Waals surface area contributed by atoms with Crippen LogP contribution in [0.25, 0.3) is 10.9 Å². The van der Waals surface area contributed by atoms with Gasteiger partial charge in [0.1, 0.15) is 18.4 Å². The lowest BCUT2D eigenvalue weighted by Gasteiger charge is -2.17. The number of aromatic amines is 1. The summed E-state index contributed by atoms with van der Waals surface area (Å²) in [4.78, 5) is 41.4. The second-order valence-corrected chi connectivity index (χ2v) is 7.33. The van der Waals surface area contributed by atoms with Gasteiger partial charge >= 0.3 is 6.03 Å². The minimum Gasteiger partial charge on any atom is -0.361 e. The maximum absolute atomic E-state index is 13.0. The molecule has 7 nitrogen and oxygen atoms in total. The summed E-state index contributed by atoms with van der Waals surface area (Å²) in [6.45, 7) is 1.37. The van der Waals surface area contributed by atoms with E-state index < -0.39 is 23.9 Å². The summed E-state index contributed by atoms with van der Waals surface area (Å²) in [6, 6.07) is 11.8. The van der Waals surface area contributed by atoms with Gasteiger partial charge in [0, 0.05) is 23.5 Å². The summed E-state index contributed by atoms with van der Waals surface area (Å²) in [7, 11) is 0. The predicted molar refractivity (Wildman–Crippen MR) is 109 cm³/mol. The van der Waals surface area contributed by atoms with Crippen LogP contribution in [-0.2, 0) is 16.0 Å². The first-order chi connectivity index (χ1) is 14.4. The predicted octanol–water partition coefficient (Wildman–Crippen LogP) is 2.65. The Bertz CT molecular complexity index is 1110. The second kappa shape index (κ2) is 7.98. The van der Waals surface area contributed by atoms with Crippen molar-refractivity contribution in [2.45, 2.75) is 25.4 Å². The van der Waals surface area contributed by atoms with Crippen molar-refractivity contribution in [1.82, 2.24) is 20.5 Å². The molecule has 2 aromatic carbocycles. The third kappa shape index (κ3) is 3.89. The fraction of sp³-hybridized carbons (Fsp3) is 0.227. The Morgan fingerprint density at radius 3 is 2.67 bits per heavy atom. The largest absolute Gasteiger partial charge is 0.361 e. The van der Waals surface area contributed by atoms with Crippen molar-refractivity contribution in [2.75, 3.05) is 6.54 Å². The molecule has 1 aliphatic rings. The first kappa shape index (κ1) is 19.6. The molecule has 8 heteroatoms. The Morgan fingerprint density at radius 2 is 1.90 bits per heavy atom. The Kier molecular flexibility index (Phi) is 5.22. The van der Waals surface area contributed by atoms with Crippen molar-refractivity contribution >= 4 is 28.7 Å². The van der Waals surface area contributed by atoms with Gasteiger partial charge in [0.05, 0.1) is 6.04 Å². The number of nitrogens with zero attached hydrogens (tertiary/aromatic N) is 1. The van der Waals surface area contributed by atoms with Gasteiger partial charge in [0.2, 0.25) is 5.91 Å². The van der Waals surface area contributed by atoms with E-state index in [1.807, 2.05) is 30.5 Å². The molecule has 0 unspecified atom stereocenters. The number of aromatic nitrogens is 1. The fourth-order valence-electron chi connectivity index (χ4n) is 3.65. The van der Waals surface area contributed by atoms with E-state index in [-0.39, 0.29) is 18.4 Å². The topological polar surface area (TPSA) is 94.3 Å². The van der Waals surface area contributed by atoms with Gasteiger partial charge < -0.3 is 15.6 Å². The molecule has 4 amide bonds. The molecule has 0 bridgehead atoms. The molecule has 3 N–H and O–H groups in total. The summed E-state index contributed by atoms with van der Waals surface area (Å²) in [5.74, 6) is -1.27. The second-order valence-electron chi connectivity index (χ2n) is 7.33. The van der Waals surface area contributed by atoms with Crippen LogP contribution >= 0.6 is 0 Å². The van der Waals surface area contributed by atoms with Crippen LogP contribution in [-0.4, -0.2) is 40.3 Å². The molecular weight excluding hydrogens is 387 g/mol. The zero-order valence-electron chi connectivity index (χ0n) is 16.3. The van der Waals surface area contributed by atoms with Crippen molar-refractivity contribution in [1.29, 1.82) is 0 Å². The normalized spacial score (nSPS) is 17.3. The van der Waals surface area contributed by atoms with Crippen LogP contribution in [0.4, 0.5) is 9.18 Å². The lowest BCUT2D eigenvalue weighted by molar-refractivity contribution is -0.132. The third-order valence-corrected chi connectivity index (χ3v) is 5.26. The van der Waals surface area contributed by atoms with Crippen LogP contribution in [0.2, 0.25) is 0 Å². The highest BCUT2D eigenvalue weighted by molar-refractivity contribution is 6.06. The van der Waals surface area contributed by atoms with Crippen molar-refractivity contribution in [2.24, 2.45) is 0 Å². The van der Waals surface area contributed by atoms with E-state index in [4.69, 9.17) is 0 Å². The first-order valence-electron chi connectivity index (χ1n) is 9.64. The zero-order chi connectivity index (χ0) is 21.3. The zero-order valence-corrected chi connectivity index (χ0v) is 16.3. The standard InChI is InChI=1S/C22H21FN4O3/c1-13(14-6-8-16(23)9-7-14)25-20(28)12-27-21(29)19(26-22(27)30)10-15-11-24-18-5-3-2-4-17(15)18/h2-9,11,13,19,24H,10,12H2,1H3,(H,25,28)(H,26,30)/t13-,19+/m1/s1. The van der Waals surface area contributed by atoms with E-state index in [0.29, 0.717) is 6.42 Å². The van der Waals surface area contributed by atoms with Gasteiger partial charge in [-0.05, 0) is 36.2 Å². The number of H-pyrrole nitrogens is 1. The van der Waals surface area contributed by atoms with Crippen LogP contribution in [0, 0.1) is 5.82 Å². The van der Waals surface area contributed by atoms with Crippen molar-refractivity contribution in [3.05, 3.63) is 71.7 Å². The molecule has 154 valence electrons. The van der Waals surface area contributed by atoms with Crippen molar-refractivity contribution in [3.63, 3.8) is 0 Å². The lowest BCUT2D eigenvalue weighted by atomic mass is 10.1. The maximum Gasteiger partial charge on any atom is 0.325 e. The number of carbonyl (C=O) groups excluding carboxylic acids is 3. The molecule has 30 heavy (non-hydrogen) atoms. The average Bonchev–Trinajstić information content (AvgIpc) is 3.25. The molecule has 0 radical (unpaired) electrons. The number of imide groups is 1. The number of rotatable bonds is 6. The number of halogens is 1. The fourth-order valence-corrected chi connectivity index (χ4v) is 3.65. The van der Waals surface area contributed by atoms with Crippen LogP contribution in [0.15, 0.2) is 54.7 Å². The molecule has 2 heterocycles. The number of hydrogen-bond donors (Lipinski definition) is 3. The quantitative estimate of drug-likeness (QED) is 0.548. The van der Waals surface area contributed by atoms with Gasteiger partial charge in [-0.1, -0.05) is 30.3 Å². The molecule has 0 aliphatic carbocycles. The number of amides is 4. The Balaban J connectivity index is 1.39. The molecule has 3 aromatic rings. The molecule has 0 saturated carbocycles. The van der Waals surface area contributed by atoms with Gasteiger partial charge in [-0.15, -0.1) is 0 Å².